The van der Waals surface area contributed by atoms with Gasteiger partial charge in [0.1, 0.15) is 30.2 Å². The summed E-state index contributed by atoms with van der Waals surface area (Å²) in [4.78, 5) is 28.7. The largest absolute Gasteiger partial charge is 0.403 e. The summed E-state index contributed by atoms with van der Waals surface area (Å²) < 4.78 is 56.2. The highest BCUT2D eigenvalue weighted by Gasteiger charge is 2.51. The van der Waals surface area contributed by atoms with Gasteiger partial charge in [-0.05, 0) is 38.5 Å². The van der Waals surface area contributed by atoms with E-state index in [0.717, 1.165) is 6.42 Å². The van der Waals surface area contributed by atoms with Crippen LogP contribution in [0.2, 0.25) is 0 Å². The molecule has 2 amide bonds. The van der Waals surface area contributed by atoms with Crippen LogP contribution in [-0.2, 0) is 23.8 Å². The Morgan fingerprint density at radius 3 is 2.30 bits per heavy atom. The van der Waals surface area contributed by atoms with E-state index in [0.29, 0.717) is 26.1 Å². The Bertz CT molecular complexity index is 991. The Kier molecular flexibility index (Phi) is 10.8. The van der Waals surface area contributed by atoms with Crippen molar-refractivity contribution in [2.45, 2.75) is 91.7 Å². The first-order valence-corrected chi connectivity index (χ1v) is 16.4. The van der Waals surface area contributed by atoms with Crippen LogP contribution in [-0.4, -0.2) is 117 Å². The SMILES string of the molecule is COC1NC(OC)C(C2CC(C)NCC2C(=O)NC2NC3CN(C(=O)C4CCC(C(F)(F)F)NC4OC)CC3S2)CC1Cl. The minimum atomic E-state index is -4.39. The summed E-state index contributed by atoms with van der Waals surface area (Å²) in [7, 11) is 4.57. The van der Waals surface area contributed by atoms with Gasteiger partial charge in [0.05, 0.1) is 17.2 Å². The molecule has 0 saturated carbocycles. The van der Waals surface area contributed by atoms with Crippen molar-refractivity contribution in [1.82, 2.24) is 31.5 Å². The second kappa shape index (κ2) is 13.8. The lowest BCUT2D eigenvalue weighted by Crippen LogP contribution is -2.61. The first kappa shape index (κ1) is 33.5. The number of likely N-dealkylation sites (tertiary alicyclic amines) is 1. The summed E-state index contributed by atoms with van der Waals surface area (Å²) in [6, 6.07) is -1.47. The van der Waals surface area contributed by atoms with E-state index in [2.05, 4.69) is 33.5 Å². The summed E-state index contributed by atoms with van der Waals surface area (Å²) in [6.07, 6.45) is -4.60. The average Bonchev–Trinajstić information content (AvgIpc) is 3.54. The Hall–Kier alpha value is -0.910. The van der Waals surface area contributed by atoms with E-state index in [9.17, 15) is 22.8 Å². The van der Waals surface area contributed by atoms with Gasteiger partial charge in [-0.1, -0.05) is 0 Å². The number of ether oxygens (including phenoxy) is 3. The predicted octanol–water partition coefficient (Wildman–Crippen LogP) is 0.981. The maximum atomic E-state index is 13.7. The number of hydrogen-bond acceptors (Lipinski definition) is 10. The second-order valence-electron chi connectivity index (χ2n) is 12.4. The Morgan fingerprint density at radius 2 is 1.65 bits per heavy atom. The van der Waals surface area contributed by atoms with Crippen LogP contribution in [0.25, 0.3) is 0 Å². The van der Waals surface area contributed by atoms with E-state index < -0.39 is 24.4 Å². The number of carbonyl (C=O) groups is 2. The molecule has 0 aromatic rings. The van der Waals surface area contributed by atoms with Crippen LogP contribution in [0.3, 0.4) is 0 Å². The quantitative estimate of drug-likeness (QED) is 0.254. The van der Waals surface area contributed by atoms with Crippen LogP contribution in [0.4, 0.5) is 13.2 Å². The van der Waals surface area contributed by atoms with Gasteiger partial charge in [-0.15, -0.1) is 23.4 Å². The summed E-state index contributed by atoms with van der Waals surface area (Å²) >= 11 is 8.21. The molecule has 5 N–H and O–H groups in total. The number of methoxy groups -OCH3 is 3. The Balaban J connectivity index is 1.16. The molecule has 16 heteroatoms. The predicted molar refractivity (Wildman–Crippen MR) is 155 cm³/mol. The molecule has 13 unspecified atom stereocenters. The molecule has 5 rings (SSSR count). The zero-order valence-corrected chi connectivity index (χ0v) is 26.4. The van der Waals surface area contributed by atoms with E-state index in [1.165, 1.54) is 7.11 Å². The summed E-state index contributed by atoms with van der Waals surface area (Å²) in [5, 5.41) is 15.7. The molecular formula is C27H44ClF3N6O5S. The van der Waals surface area contributed by atoms with Gasteiger partial charge in [-0.3, -0.25) is 25.5 Å². The van der Waals surface area contributed by atoms with Gasteiger partial charge in [-0.2, -0.15) is 13.2 Å². The molecule has 5 aliphatic heterocycles. The minimum absolute atomic E-state index is 0.0268. The summed E-state index contributed by atoms with van der Waals surface area (Å²) in [5.74, 6) is -1.15. The van der Waals surface area contributed by atoms with Gasteiger partial charge in [0.2, 0.25) is 11.8 Å². The fourth-order valence-corrected chi connectivity index (χ4v) is 9.29. The Labute approximate surface area is 259 Å². The third kappa shape index (κ3) is 7.25. The summed E-state index contributed by atoms with van der Waals surface area (Å²) in [6.45, 7) is 3.54. The highest BCUT2D eigenvalue weighted by molar-refractivity contribution is 8.00. The molecule has 5 heterocycles. The number of hydrogen-bond donors (Lipinski definition) is 5. The molecule has 0 aromatic carbocycles. The van der Waals surface area contributed by atoms with Crippen LogP contribution in [0.1, 0.15) is 32.6 Å². The third-order valence-electron chi connectivity index (χ3n) is 9.76. The molecule has 246 valence electrons. The molecule has 13 atom stereocenters. The van der Waals surface area contributed by atoms with Gasteiger partial charge in [0, 0.05) is 64.2 Å². The molecule has 43 heavy (non-hydrogen) atoms. The van der Waals surface area contributed by atoms with Gasteiger partial charge < -0.3 is 29.7 Å². The molecule has 5 saturated heterocycles. The molecule has 5 aliphatic rings. The van der Waals surface area contributed by atoms with E-state index >= 15 is 0 Å². The number of rotatable bonds is 7. The fraction of sp³-hybridized carbons (Fsp3) is 0.926. The molecule has 0 bridgehead atoms. The molecule has 0 spiro atoms. The van der Waals surface area contributed by atoms with Crippen molar-refractivity contribution in [3.63, 3.8) is 0 Å². The highest BCUT2D eigenvalue weighted by atomic mass is 35.5. The van der Waals surface area contributed by atoms with Crippen molar-refractivity contribution in [3.05, 3.63) is 0 Å². The van der Waals surface area contributed by atoms with E-state index in [1.54, 1.807) is 30.9 Å². The van der Waals surface area contributed by atoms with Gasteiger partial charge >= 0.3 is 6.18 Å². The average molecular weight is 657 g/mol. The van der Waals surface area contributed by atoms with Gasteiger partial charge in [0.25, 0.3) is 0 Å². The van der Waals surface area contributed by atoms with E-state index in [4.69, 9.17) is 25.8 Å². The van der Waals surface area contributed by atoms with E-state index in [-0.39, 0.29) is 83.1 Å². The van der Waals surface area contributed by atoms with Crippen molar-refractivity contribution in [1.29, 1.82) is 0 Å². The normalized spacial score (nSPS) is 43.8. The number of alkyl halides is 4. The number of nitrogens with one attached hydrogen (secondary N) is 5. The topological polar surface area (TPSA) is 125 Å². The van der Waals surface area contributed by atoms with Crippen molar-refractivity contribution < 1.29 is 37.0 Å². The first-order valence-electron chi connectivity index (χ1n) is 15.0. The lowest BCUT2D eigenvalue weighted by molar-refractivity contribution is -0.183. The Morgan fingerprint density at radius 1 is 0.930 bits per heavy atom. The zero-order valence-electron chi connectivity index (χ0n) is 24.9. The number of nitrogens with zero attached hydrogens (tertiary/aromatic N) is 1. The fourth-order valence-electron chi connectivity index (χ4n) is 7.50. The number of piperidine rings is 3. The van der Waals surface area contributed by atoms with Crippen molar-refractivity contribution in [2.24, 2.45) is 23.7 Å². The van der Waals surface area contributed by atoms with Crippen LogP contribution < -0.4 is 26.6 Å². The van der Waals surface area contributed by atoms with Gasteiger partial charge in [0.15, 0.2) is 0 Å². The third-order valence-corrected chi connectivity index (χ3v) is 11.5. The lowest BCUT2D eigenvalue weighted by atomic mass is 9.71. The maximum absolute atomic E-state index is 13.7. The number of thioether (sulfide) groups is 1. The van der Waals surface area contributed by atoms with Crippen molar-refractivity contribution >= 4 is 35.2 Å². The number of carbonyl (C=O) groups excluding carboxylic acids is 2. The second-order valence-corrected chi connectivity index (χ2v) is 14.3. The monoisotopic (exact) mass is 656 g/mol. The zero-order chi connectivity index (χ0) is 31.1. The first-order chi connectivity index (χ1) is 20.4. The maximum Gasteiger partial charge on any atom is 0.403 e. The smallest absolute Gasteiger partial charge is 0.366 e. The molecule has 0 radical (unpaired) electrons. The molecule has 0 aliphatic carbocycles. The van der Waals surface area contributed by atoms with Gasteiger partial charge in [-0.25, -0.2) is 0 Å². The highest BCUT2D eigenvalue weighted by Crippen LogP contribution is 2.40. The number of fused-ring (bicyclic) bond motifs is 1. The van der Waals surface area contributed by atoms with E-state index in [1.807, 2.05) is 0 Å². The lowest BCUT2D eigenvalue weighted by Gasteiger charge is -2.46. The molecule has 5 fully saturated rings. The van der Waals surface area contributed by atoms with Crippen LogP contribution >= 0.6 is 23.4 Å². The van der Waals surface area contributed by atoms with Crippen molar-refractivity contribution in [3.8, 4) is 0 Å². The molecule has 0 aromatic heterocycles. The summed E-state index contributed by atoms with van der Waals surface area (Å²) in [5.41, 5.74) is -0.309. The number of halogens is 4. The minimum Gasteiger partial charge on any atom is -0.366 e. The standard InChI is InChI=1S/C27H44ClF3N6O5S/c1-12-7-14(15-8-17(28)24(42-4)36-23(15)41-3)16(9-32-12)21(38)35-26-33-18-10-37(11-19(18)43-26)25(39)13-5-6-20(27(29,30)31)34-22(13)40-2/h12-20,22-24,26,32-34,36H,5-11H2,1-4H3,(H,35,38). The molecule has 11 nitrogen and oxygen atoms in total. The number of amides is 2. The van der Waals surface area contributed by atoms with Crippen LogP contribution in [0.15, 0.2) is 0 Å². The van der Waals surface area contributed by atoms with Crippen molar-refractivity contribution in [2.75, 3.05) is 41.0 Å². The van der Waals surface area contributed by atoms with Crippen LogP contribution in [0, 0.1) is 23.7 Å². The molecular weight excluding hydrogens is 613 g/mol. The van der Waals surface area contributed by atoms with Crippen LogP contribution in [0.5, 0.6) is 0 Å².